The van der Waals surface area contributed by atoms with Crippen LogP contribution in [-0.4, -0.2) is 15.0 Å². The first-order valence-corrected chi connectivity index (χ1v) is 22.6. The molecule has 0 aliphatic rings. The number of furan rings is 1. The topological polar surface area (TPSA) is 51.8 Å². The van der Waals surface area contributed by atoms with Crippen LogP contribution in [0.25, 0.3) is 123 Å². The number of pyridine rings is 1. The number of para-hydroxylation sites is 2. The third-order valence-corrected chi connectivity index (χ3v) is 12.5. The van der Waals surface area contributed by atoms with Crippen molar-refractivity contribution < 1.29 is 4.42 Å². The summed E-state index contributed by atoms with van der Waals surface area (Å²) in [5.41, 5.74) is 18.7. The molecule has 3 aromatic heterocycles. The lowest BCUT2D eigenvalue weighted by atomic mass is 9.83. The summed E-state index contributed by atoms with van der Waals surface area (Å²) in [6.45, 7) is 0. The maximum absolute atomic E-state index is 6.49. The Labute approximate surface area is 389 Å². The second-order valence-corrected chi connectivity index (χ2v) is 16.7. The second kappa shape index (κ2) is 17.2. The molecule has 12 rings (SSSR count). The van der Waals surface area contributed by atoms with Crippen molar-refractivity contribution in [2.75, 3.05) is 0 Å². The Morgan fingerprint density at radius 3 is 1.31 bits per heavy atom. The summed E-state index contributed by atoms with van der Waals surface area (Å²) >= 11 is 0. The van der Waals surface area contributed by atoms with Gasteiger partial charge in [-0.1, -0.05) is 224 Å². The highest BCUT2D eigenvalue weighted by atomic mass is 16.3. The van der Waals surface area contributed by atoms with E-state index in [1.165, 1.54) is 0 Å². The van der Waals surface area contributed by atoms with Gasteiger partial charge in [-0.15, -0.1) is 0 Å². The minimum absolute atomic E-state index is 0.631. The molecule has 314 valence electrons. The van der Waals surface area contributed by atoms with Gasteiger partial charge in [-0.05, 0) is 46.5 Å². The Kier molecular flexibility index (Phi) is 10.2. The van der Waals surface area contributed by atoms with Gasteiger partial charge in [-0.3, -0.25) is 0 Å². The summed E-state index contributed by atoms with van der Waals surface area (Å²) in [6.07, 6.45) is 0. The number of hydrogen-bond donors (Lipinski definition) is 0. The summed E-state index contributed by atoms with van der Waals surface area (Å²) in [6, 6.07) is 86.8. The predicted octanol–water partition coefficient (Wildman–Crippen LogP) is 16.8. The Balaban J connectivity index is 1.09. The van der Waals surface area contributed by atoms with Crippen molar-refractivity contribution in [1.82, 2.24) is 15.0 Å². The molecule has 0 spiro atoms. The first kappa shape index (κ1) is 39.6. The van der Waals surface area contributed by atoms with E-state index in [1.54, 1.807) is 0 Å². The van der Waals surface area contributed by atoms with E-state index in [0.29, 0.717) is 5.82 Å². The Morgan fingerprint density at radius 2 is 0.701 bits per heavy atom. The maximum atomic E-state index is 6.49. The van der Waals surface area contributed by atoms with Crippen LogP contribution in [0.1, 0.15) is 0 Å². The molecule has 0 bridgehead atoms. The van der Waals surface area contributed by atoms with Crippen molar-refractivity contribution in [2.24, 2.45) is 0 Å². The lowest BCUT2D eigenvalue weighted by Gasteiger charge is -2.23. The predicted molar refractivity (Wildman–Crippen MR) is 276 cm³/mol. The van der Waals surface area contributed by atoms with E-state index in [0.717, 1.165) is 117 Å². The molecule has 0 atom stereocenters. The lowest BCUT2D eigenvalue weighted by molar-refractivity contribution is 0.670. The van der Waals surface area contributed by atoms with E-state index in [-0.39, 0.29) is 0 Å². The van der Waals surface area contributed by atoms with Gasteiger partial charge < -0.3 is 4.42 Å². The fourth-order valence-corrected chi connectivity index (χ4v) is 9.37. The number of aromatic nitrogens is 3. The first-order valence-electron chi connectivity index (χ1n) is 22.6. The van der Waals surface area contributed by atoms with Crippen molar-refractivity contribution in [3.63, 3.8) is 0 Å². The monoisotopic (exact) mass is 855 g/mol. The van der Waals surface area contributed by atoms with E-state index < -0.39 is 0 Å². The van der Waals surface area contributed by atoms with Gasteiger partial charge >= 0.3 is 0 Å². The smallest absolute Gasteiger partial charge is 0.160 e. The molecule has 4 nitrogen and oxygen atoms in total. The fraction of sp³-hybridized carbons (Fsp3) is 0. The Bertz CT molecular complexity index is 3620. The number of nitrogens with zero attached hydrogens (tertiary/aromatic N) is 3. The molecular formula is C63H41N3O. The molecule has 12 aromatic rings. The van der Waals surface area contributed by atoms with Crippen molar-refractivity contribution in [2.45, 2.75) is 0 Å². The quantitative estimate of drug-likeness (QED) is 0.145. The Morgan fingerprint density at radius 1 is 0.269 bits per heavy atom. The van der Waals surface area contributed by atoms with Gasteiger partial charge in [0, 0.05) is 60.8 Å². The van der Waals surface area contributed by atoms with Gasteiger partial charge in [0.2, 0.25) is 0 Å². The van der Waals surface area contributed by atoms with E-state index in [9.17, 15) is 0 Å². The van der Waals surface area contributed by atoms with Crippen LogP contribution in [-0.2, 0) is 0 Å². The highest BCUT2D eigenvalue weighted by Gasteiger charge is 2.26. The minimum Gasteiger partial charge on any atom is -0.455 e. The van der Waals surface area contributed by atoms with Gasteiger partial charge in [0.25, 0.3) is 0 Å². The highest BCUT2D eigenvalue weighted by molar-refractivity contribution is 6.10. The number of rotatable bonds is 9. The zero-order chi connectivity index (χ0) is 44.5. The lowest BCUT2D eigenvalue weighted by Crippen LogP contribution is -2.02. The van der Waals surface area contributed by atoms with Crippen molar-refractivity contribution >= 4 is 21.9 Å². The largest absolute Gasteiger partial charge is 0.455 e. The molecule has 3 heterocycles. The molecule has 4 heteroatoms. The third kappa shape index (κ3) is 7.47. The number of fused-ring (bicyclic) bond motifs is 3. The zero-order valence-corrected chi connectivity index (χ0v) is 36.4. The van der Waals surface area contributed by atoms with Gasteiger partial charge in [0.1, 0.15) is 11.2 Å². The van der Waals surface area contributed by atoms with Crippen molar-refractivity contribution in [3.05, 3.63) is 249 Å². The average molecular weight is 856 g/mol. The van der Waals surface area contributed by atoms with E-state index in [2.05, 4.69) is 231 Å². The van der Waals surface area contributed by atoms with Crippen molar-refractivity contribution in [3.8, 4) is 101 Å². The van der Waals surface area contributed by atoms with Crippen LogP contribution in [0.2, 0.25) is 0 Å². The molecular weight excluding hydrogens is 815 g/mol. The van der Waals surface area contributed by atoms with Crippen LogP contribution in [0.3, 0.4) is 0 Å². The molecule has 0 fully saturated rings. The molecule has 0 saturated heterocycles. The first-order chi connectivity index (χ1) is 33.2. The van der Waals surface area contributed by atoms with Crippen LogP contribution in [0.4, 0.5) is 0 Å². The van der Waals surface area contributed by atoms with Crippen LogP contribution in [0.15, 0.2) is 253 Å². The highest BCUT2D eigenvalue weighted by Crippen LogP contribution is 2.49. The third-order valence-electron chi connectivity index (χ3n) is 12.5. The normalized spacial score (nSPS) is 11.3. The van der Waals surface area contributed by atoms with Gasteiger partial charge in [0.15, 0.2) is 5.82 Å². The Hall–Kier alpha value is -8.99. The van der Waals surface area contributed by atoms with Crippen LogP contribution < -0.4 is 0 Å². The molecule has 0 saturated carbocycles. The summed E-state index contributed by atoms with van der Waals surface area (Å²) < 4.78 is 6.49. The van der Waals surface area contributed by atoms with Crippen LogP contribution >= 0.6 is 0 Å². The summed E-state index contributed by atoms with van der Waals surface area (Å²) in [7, 11) is 0. The summed E-state index contributed by atoms with van der Waals surface area (Å²) in [5.74, 6) is 0.631. The van der Waals surface area contributed by atoms with E-state index in [4.69, 9.17) is 19.4 Å². The average Bonchev–Trinajstić information content (AvgIpc) is 3.80. The SMILES string of the molecule is c1ccc(-c2cc(-c3cccc(-c4cccc5c4oc4ccccc45)c3)nc(-c3cccc(-c4c(-c5ccccc5)c(-c5ccccc5)nc(-c5ccccc5)c4-c4ccccc4)c3)n2)cc1. The number of benzene rings is 9. The molecule has 0 N–H and O–H groups in total. The summed E-state index contributed by atoms with van der Waals surface area (Å²) in [5, 5.41) is 2.21. The van der Waals surface area contributed by atoms with Crippen LogP contribution in [0.5, 0.6) is 0 Å². The van der Waals surface area contributed by atoms with Gasteiger partial charge in [-0.2, -0.15) is 0 Å². The van der Waals surface area contributed by atoms with Crippen molar-refractivity contribution in [1.29, 1.82) is 0 Å². The molecule has 0 aliphatic heterocycles. The van der Waals surface area contributed by atoms with E-state index in [1.807, 2.05) is 18.2 Å². The molecule has 9 aromatic carbocycles. The molecule has 0 aliphatic carbocycles. The number of hydrogen-bond acceptors (Lipinski definition) is 4. The fourth-order valence-electron chi connectivity index (χ4n) is 9.37. The minimum atomic E-state index is 0.631. The van der Waals surface area contributed by atoms with Gasteiger partial charge in [-0.25, -0.2) is 15.0 Å². The molecule has 67 heavy (non-hydrogen) atoms. The van der Waals surface area contributed by atoms with Gasteiger partial charge in [0.05, 0.1) is 22.8 Å². The summed E-state index contributed by atoms with van der Waals surface area (Å²) in [4.78, 5) is 16.4. The molecule has 0 radical (unpaired) electrons. The maximum Gasteiger partial charge on any atom is 0.160 e. The zero-order valence-electron chi connectivity index (χ0n) is 36.4. The molecule has 0 unspecified atom stereocenters. The molecule has 0 amide bonds. The second-order valence-electron chi connectivity index (χ2n) is 16.7. The van der Waals surface area contributed by atoms with Crippen LogP contribution in [0, 0.1) is 0 Å². The van der Waals surface area contributed by atoms with E-state index >= 15 is 0 Å². The standard InChI is InChI=1S/C63H41N3O/c1-6-21-42(22-7-1)54-41-55(48-32-18-31-47(39-48)51-36-20-37-53-52-35-16-17-38-56(52)67-62(51)53)65-63(64-54)50-34-19-33-49(40-50)57-58(43-23-8-2-9-24-43)60(45-27-12-4-13-28-45)66-61(46-29-14-5-15-30-46)59(57)44-25-10-3-11-26-44/h1-41H.